The highest BCUT2D eigenvalue weighted by molar-refractivity contribution is 8.93. The Balaban J connectivity index is 0. The van der Waals surface area contributed by atoms with Gasteiger partial charge in [0.2, 0.25) is 0 Å². The Morgan fingerprint density at radius 1 is 1.00 bits per heavy atom. The molecular weight excluding hydrogens is 296 g/mol. The van der Waals surface area contributed by atoms with Gasteiger partial charge in [-0.2, -0.15) is 0 Å². The molecule has 0 radical (unpaired) electrons. The molecule has 0 fully saturated rings. The van der Waals surface area contributed by atoms with Crippen molar-refractivity contribution in [3.63, 3.8) is 0 Å². The summed E-state index contributed by atoms with van der Waals surface area (Å²) in [5.74, 6) is 0.167. The van der Waals surface area contributed by atoms with Crippen LogP contribution < -0.4 is 0 Å². The van der Waals surface area contributed by atoms with Gasteiger partial charge in [0.1, 0.15) is 5.78 Å². The number of halogens is 1. The Morgan fingerprint density at radius 2 is 1.33 bits per heavy atom. The van der Waals surface area contributed by atoms with E-state index in [1.165, 1.54) is 13.8 Å². The van der Waals surface area contributed by atoms with Crippen LogP contribution in [0, 0.1) is 0 Å². The predicted molar refractivity (Wildman–Crippen MR) is 70.9 cm³/mol. The second-order valence-electron chi connectivity index (χ2n) is 2.26. The summed E-state index contributed by atoms with van der Waals surface area (Å²) in [6.07, 6.45) is 3.54. The molecule has 3 nitrogen and oxygen atoms in total. The molecular formula is C9H13BrN2OS2. The van der Waals surface area contributed by atoms with Crippen LogP contribution in [0.1, 0.15) is 13.8 Å². The molecule has 0 N–H and O–H groups in total. The molecule has 84 valence electrons. The number of Topliss-reactive ketones (excluding diaryl/α,β-unsaturated/α-hetero) is 1. The zero-order chi connectivity index (χ0) is 10.6. The number of thiazole rings is 2. The number of hydrogen-bond donors (Lipinski definition) is 0. The van der Waals surface area contributed by atoms with Crippen molar-refractivity contribution in [2.24, 2.45) is 0 Å². The lowest BCUT2D eigenvalue weighted by Crippen LogP contribution is -1.69. The van der Waals surface area contributed by atoms with Crippen LogP contribution in [0.4, 0.5) is 0 Å². The highest BCUT2D eigenvalue weighted by Gasteiger charge is 1.62. The molecule has 0 amide bonds. The quantitative estimate of drug-likeness (QED) is 0.748. The Kier molecular flexibility index (Phi) is 15.0. The summed E-state index contributed by atoms with van der Waals surface area (Å²) in [7, 11) is 0. The normalized spacial score (nSPS) is 7.07. The van der Waals surface area contributed by atoms with Crippen molar-refractivity contribution in [3.8, 4) is 0 Å². The highest BCUT2D eigenvalue weighted by atomic mass is 79.9. The van der Waals surface area contributed by atoms with Gasteiger partial charge in [0, 0.05) is 23.2 Å². The van der Waals surface area contributed by atoms with E-state index in [0.717, 1.165) is 0 Å². The van der Waals surface area contributed by atoms with Crippen molar-refractivity contribution >= 4 is 45.4 Å². The van der Waals surface area contributed by atoms with Crippen LogP contribution in [0.5, 0.6) is 0 Å². The van der Waals surface area contributed by atoms with Crippen molar-refractivity contribution in [2.45, 2.75) is 13.8 Å². The molecule has 2 rings (SSSR count). The van der Waals surface area contributed by atoms with E-state index in [0.29, 0.717) is 0 Å². The summed E-state index contributed by atoms with van der Waals surface area (Å²) in [4.78, 5) is 16.9. The molecule has 0 spiro atoms. The van der Waals surface area contributed by atoms with Crippen LogP contribution in [0.3, 0.4) is 0 Å². The smallest absolute Gasteiger partial charge is 0.126 e. The van der Waals surface area contributed by atoms with Gasteiger partial charge in [0.05, 0.1) is 11.0 Å². The molecule has 0 aromatic carbocycles. The average molecular weight is 309 g/mol. The van der Waals surface area contributed by atoms with Crippen molar-refractivity contribution in [1.29, 1.82) is 0 Å². The van der Waals surface area contributed by atoms with E-state index in [4.69, 9.17) is 0 Å². The lowest BCUT2D eigenvalue weighted by atomic mass is 10.6. The minimum Gasteiger partial charge on any atom is -0.300 e. The minimum absolute atomic E-state index is 0. The topological polar surface area (TPSA) is 42.9 Å². The van der Waals surface area contributed by atoms with Crippen LogP contribution >= 0.6 is 39.7 Å². The Morgan fingerprint density at radius 3 is 1.40 bits per heavy atom. The molecule has 2 heterocycles. The first kappa shape index (κ1) is 16.8. The van der Waals surface area contributed by atoms with E-state index in [1.54, 1.807) is 46.1 Å². The van der Waals surface area contributed by atoms with Crippen LogP contribution in [0.25, 0.3) is 0 Å². The largest absolute Gasteiger partial charge is 0.300 e. The van der Waals surface area contributed by atoms with E-state index < -0.39 is 0 Å². The number of ketones is 1. The first-order valence-corrected chi connectivity index (χ1v) is 5.73. The number of hydrogen-bond acceptors (Lipinski definition) is 5. The maximum atomic E-state index is 9.44. The van der Waals surface area contributed by atoms with Gasteiger partial charge in [0.25, 0.3) is 0 Å². The monoisotopic (exact) mass is 308 g/mol. The number of carbonyl (C=O) groups is 1. The molecule has 0 aliphatic rings. The Bertz CT molecular complexity index is 233. The van der Waals surface area contributed by atoms with Gasteiger partial charge in [-0.05, 0) is 13.8 Å². The summed E-state index contributed by atoms with van der Waals surface area (Å²) in [5, 5.41) is 3.86. The van der Waals surface area contributed by atoms with Gasteiger partial charge >= 0.3 is 0 Å². The molecule has 0 saturated carbocycles. The average Bonchev–Trinajstić information content (AvgIpc) is 2.83. The molecule has 0 bridgehead atoms. The molecule has 0 aliphatic heterocycles. The first-order valence-electron chi connectivity index (χ1n) is 3.85. The molecule has 0 aliphatic carbocycles. The third-order valence-corrected chi connectivity index (χ3v) is 1.74. The highest BCUT2D eigenvalue weighted by Crippen LogP contribution is 1.86. The molecule has 0 saturated heterocycles. The number of carbonyl (C=O) groups excluding carboxylic acids is 1. The Hall–Kier alpha value is -0.590. The van der Waals surface area contributed by atoms with Crippen LogP contribution in [-0.4, -0.2) is 15.8 Å². The molecule has 15 heavy (non-hydrogen) atoms. The fourth-order valence-corrected chi connectivity index (χ4v) is 1.05. The van der Waals surface area contributed by atoms with Crippen molar-refractivity contribution in [3.05, 3.63) is 34.2 Å². The van der Waals surface area contributed by atoms with Gasteiger partial charge in [-0.1, -0.05) is 0 Å². The Labute approximate surface area is 108 Å². The summed E-state index contributed by atoms with van der Waals surface area (Å²) in [6, 6.07) is 0. The summed E-state index contributed by atoms with van der Waals surface area (Å²) in [5.41, 5.74) is 3.58. The van der Waals surface area contributed by atoms with Crippen LogP contribution in [-0.2, 0) is 4.79 Å². The SMILES string of the molecule is Br.CC(C)=O.c1cscn1.c1cscn1. The van der Waals surface area contributed by atoms with Gasteiger partial charge in [-0.25, -0.2) is 0 Å². The first-order chi connectivity index (χ1) is 6.73. The summed E-state index contributed by atoms with van der Waals surface area (Å²) >= 11 is 3.20. The third kappa shape index (κ3) is 19.7. The zero-order valence-corrected chi connectivity index (χ0v) is 11.8. The zero-order valence-electron chi connectivity index (χ0n) is 8.49. The maximum Gasteiger partial charge on any atom is 0.126 e. The lowest BCUT2D eigenvalue weighted by molar-refractivity contribution is -0.114. The van der Waals surface area contributed by atoms with Gasteiger partial charge < -0.3 is 4.79 Å². The summed E-state index contributed by atoms with van der Waals surface area (Å²) < 4.78 is 0. The maximum absolute atomic E-state index is 9.44. The standard InChI is InChI=1S/2C3H3NS.C3H6O.BrH/c2*1-2-5-3-4-1;1-3(2)4;/h2*1-3H;1-2H3;1H. The predicted octanol–water partition coefficient (Wildman–Crippen LogP) is 3.46. The fourth-order valence-electron chi connectivity index (χ4n) is 0.351. The molecule has 0 unspecified atom stereocenters. The molecule has 0 atom stereocenters. The van der Waals surface area contributed by atoms with Crippen LogP contribution in [0.15, 0.2) is 34.2 Å². The van der Waals surface area contributed by atoms with E-state index in [9.17, 15) is 4.79 Å². The van der Waals surface area contributed by atoms with Crippen LogP contribution in [0.2, 0.25) is 0 Å². The number of nitrogens with zero attached hydrogens (tertiary/aromatic N) is 2. The number of aromatic nitrogens is 2. The lowest BCUT2D eigenvalue weighted by Gasteiger charge is -1.56. The number of rotatable bonds is 0. The van der Waals surface area contributed by atoms with Gasteiger partial charge in [0.15, 0.2) is 0 Å². The molecule has 2 aromatic rings. The molecule has 2 aromatic heterocycles. The minimum atomic E-state index is 0. The second kappa shape index (κ2) is 13.4. The molecule has 6 heteroatoms. The fraction of sp³-hybridized carbons (Fsp3) is 0.222. The van der Waals surface area contributed by atoms with Crippen molar-refractivity contribution in [2.75, 3.05) is 0 Å². The van der Waals surface area contributed by atoms with E-state index in [1.807, 2.05) is 10.8 Å². The van der Waals surface area contributed by atoms with Gasteiger partial charge in [-0.3, -0.25) is 9.97 Å². The summed E-state index contributed by atoms with van der Waals surface area (Å²) in [6.45, 7) is 3.06. The van der Waals surface area contributed by atoms with Crippen molar-refractivity contribution < 1.29 is 4.79 Å². The third-order valence-electron chi connectivity index (χ3n) is 0.694. The van der Waals surface area contributed by atoms with E-state index in [-0.39, 0.29) is 22.8 Å². The van der Waals surface area contributed by atoms with Crippen molar-refractivity contribution in [1.82, 2.24) is 9.97 Å². The van der Waals surface area contributed by atoms with Gasteiger partial charge in [-0.15, -0.1) is 39.7 Å². The van der Waals surface area contributed by atoms with E-state index in [2.05, 4.69) is 9.97 Å². The second-order valence-corrected chi connectivity index (χ2v) is 3.77. The van der Waals surface area contributed by atoms with E-state index >= 15 is 0 Å².